The Kier molecular flexibility index (Phi) is 9.20. The van der Waals surface area contributed by atoms with Gasteiger partial charge in [-0.25, -0.2) is 4.98 Å². The lowest BCUT2D eigenvalue weighted by atomic mass is 9.96. The molecule has 0 spiro atoms. The van der Waals surface area contributed by atoms with E-state index in [1.807, 2.05) is 55.5 Å². The molecule has 1 saturated heterocycles. The molecular weight excluding hydrogens is 595 g/mol. The van der Waals surface area contributed by atoms with Gasteiger partial charge in [0.05, 0.1) is 11.3 Å². The Balaban J connectivity index is 1.39. The van der Waals surface area contributed by atoms with Crippen molar-refractivity contribution in [3.8, 4) is 22.4 Å². The zero-order chi connectivity index (χ0) is 32.2. The number of piperazine rings is 1. The summed E-state index contributed by atoms with van der Waals surface area (Å²) in [4.78, 5) is 39.5. The van der Waals surface area contributed by atoms with E-state index in [9.17, 15) is 9.59 Å². The monoisotopic (exact) mass is 631 g/mol. The molecule has 3 heterocycles. The number of carbonyl (C=O) groups excluding carboxylic acids is 2. The van der Waals surface area contributed by atoms with Gasteiger partial charge in [-0.2, -0.15) is 0 Å². The molecule has 2 aromatic heterocycles. The first-order valence-corrected chi connectivity index (χ1v) is 16.0. The number of fused-ring (bicyclic) bond motifs is 1. The summed E-state index contributed by atoms with van der Waals surface area (Å²) in [5.74, 6) is -0.511. The summed E-state index contributed by atoms with van der Waals surface area (Å²) in [5, 5.41) is 12.4. The molecule has 1 aliphatic rings. The highest BCUT2D eigenvalue weighted by molar-refractivity contribution is 7.97. The maximum atomic E-state index is 13.3. The van der Waals surface area contributed by atoms with E-state index < -0.39 is 0 Å². The number of aryl methyl sites for hydroxylation is 1. The molecular formula is C36H37N7O2S. The van der Waals surface area contributed by atoms with E-state index in [0.717, 1.165) is 70.0 Å². The molecule has 0 atom stereocenters. The van der Waals surface area contributed by atoms with Crippen LogP contribution in [0.25, 0.3) is 33.4 Å². The van der Waals surface area contributed by atoms with Gasteiger partial charge in [-0.1, -0.05) is 43.0 Å². The molecule has 0 bridgehead atoms. The van der Waals surface area contributed by atoms with Crippen LogP contribution in [0.5, 0.6) is 0 Å². The number of nitrogens with zero attached hydrogens (tertiary/aromatic N) is 3. The van der Waals surface area contributed by atoms with Gasteiger partial charge in [-0.15, -0.1) is 0 Å². The number of likely N-dealkylation sites (N-methyl/N-ethyl adjacent to an activating group) is 1. The average Bonchev–Trinajstić information content (AvgIpc) is 3.47. The number of benzene rings is 3. The van der Waals surface area contributed by atoms with Crippen LogP contribution in [0.1, 0.15) is 21.5 Å². The number of carbonyl (C=O) groups is 2. The number of anilines is 2. The molecule has 46 heavy (non-hydrogen) atoms. The molecule has 5 N–H and O–H groups in total. The number of hydrogen-bond acceptors (Lipinski definition) is 7. The standard InChI is InChI=1S/C36H37N7O2S/c1-4-32(44)40-31-20-26(9-8-23(31)2)33-30-19-27(36(45)39-21-24-6-5-7-29(18-24)46-37)22-38-35(30)41-34(33)25-10-12-28(13-11-25)43-16-14-42(3)15-17-43/h4-13,18-20,22H,1,14-17,21,37H2,2-3H3,(H,38,41)(H,39,45)(H,40,44). The van der Waals surface area contributed by atoms with Gasteiger partial charge in [0.2, 0.25) is 5.91 Å². The summed E-state index contributed by atoms with van der Waals surface area (Å²) in [7, 11) is 2.15. The third-order valence-corrected chi connectivity index (χ3v) is 8.92. The smallest absolute Gasteiger partial charge is 0.253 e. The lowest BCUT2D eigenvalue weighted by Crippen LogP contribution is -2.44. The van der Waals surface area contributed by atoms with Crippen LogP contribution < -0.4 is 20.7 Å². The molecule has 0 saturated carbocycles. The number of nitrogens with one attached hydrogen (secondary N) is 3. The number of pyridine rings is 1. The first-order valence-electron chi connectivity index (χ1n) is 15.2. The molecule has 0 aliphatic carbocycles. The predicted molar refractivity (Wildman–Crippen MR) is 188 cm³/mol. The van der Waals surface area contributed by atoms with Crippen molar-refractivity contribution in [1.82, 2.24) is 20.2 Å². The Hall–Kier alpha value is -4.90. The van der Waals surface area contributed by atoms with E-state index >= 15 is 0 Å². The lowest BCUT2D eigenvalue weighted by Gasteiger charge is -2.34. The Morgan fingerprint density at radius 2 is 1.78 bits per heavy atom. The minimum atomic E-state index is -0.282. The molecule has 234 valence electrons. The largest absolute Gasteiger partial charge is 0.369 e. The van der Waals surface area contributed by atoms with Gasteiger partial charge in [-0.05, 0) is 90.6 Å². The lowest BCUT2D eigenvalue weighted by molar-refractivity contribution is -0.111. The van der Waals surface area contributed by atoms with Crippen LogP contribution in [0.2, 0.25) is 0 Å². The average molecular weight is 632 g/mol. The summed E-state index contributed by atoms with van der Waals surface area (Å²) >= 11 is 1.17. The number of hydrogen-bond donors (Lipinski definition) is 4. The number of nitrogens with two attached hydrogens (primary N) is 1. The Morgan fingerprint density at radius 1 is 1.02 bits per heavy atom. The van der Waals surface area contributed by atoms with Gasteiger partial charge >= 0.3 is 0 Å². The van der Waals surface area contributed by atoms with Crippen molar-refractivity contribution in [3.63, 3.8) is 0 Å². The van der Waals surface area contributed by atoms with Crippen molar-refractivity contribution in [2.45, 2.75) is 18.4 Å². The minimum Gasteiger partial charge on any atom is -0.369 e. The van der Waals surface area contributed by atoms with Crippen LogP contribution in [0.15, 0.2) is 96.5 Å². The van der Waals surface area contributed by atoms with Gasteiger partial charge in [0.25, 0.3) is 5.91 Å². The second kappa shape index (κ2) is 13.6. The summed E-state index contributed by atoms with van der Waals surface area (Å²) in [6.07, 6.45) is 2.85. The molecule has 6 rings (SSSR count). The highest BCUT2D eigenvalue weighted by Crippen LogP contribution is 2.40. The highest BCUT2D eigenvalue weighted by atomic mass is 32.2. The van der Waals surface area contributed by atoms with Gasteiger partial charge in [0, 0.05) is 66.1 Å². The quantitative estimate of drug-likeness (QED) is 0.117. The van der Waals surface area contributed by atoms with Gasteiger partial charge in [-0.3, -0.25) is 14.7 Å². The summed E-state index contributed by atoms with van der Waals surface area (Å²) in [5.41, 5.74) is 8.51. The van der Waals surface area contributed by atoms with E-state index in [0.29, 0.717) is 23.4 Å². The molecule has 10 heteroatoms. The van der Waals surface area contributed by atoms with Crippen LogP contribution in [0.4, 0.5) is 11.4 Å². The number of aromatic amines is 1. The van der Waals surface area contributed by atoms with E-state index in [1.165, 1.54) is 23.7 Å². The van der Waals surface area contributed by atoms with Crippen LogP contribution in [-0.2, 0) is 11.3 Å². The molecule has 1 fully saturated rings. The summed E-state index contributed by atoms with van der Waals surface area (Å²) in [6.45, 7) is 9.94. The fourth-order valence-electron chi connectivity index (χ4n) is 5.72. The van der Waals surface area contributed by atoms with Crippen molar-refractivity contribution in [2.24, 2.45) is 5.14 Å². The van der Waals surface area contributed by atoms with E-state index in [1.54, 1.807) is 6.20 Å². The molecule has 0 unspecified atom stereocenters. The van der Waals surface area contributed by atoms with Crippen LogP contribution in [0, 0.1) is 6.92 Å². The number of amides is 2. The zero-order valence-electron chi connectivity index (χ0n) is 26.0. The Morgan fingerprint density at radius 3 is 2.52 bits per heavy atom. The van der Waals surface area contributed by atoms with E-state index in [-0.39, 0.29) is 11.8 Å². The first-order chi connectivity index (χ1) is 22.3. The van der Waals surface area contributed by atoms with Crippen molar-refractivity contribution in [2.75, 3.05) is 43.4 Å². The molecule has 2 amide bonds. The first kappa shape index (κ1) is 31.1. The highest BCUT2D eigenvalue weighted by Gasteiger charge is 2.20. The van der Waals surface area contributed by atoms with Crippen molar-refractivity contribution in [3.05, 3.63) is 108 Å². The van der Waals surface area contributed by atoms with Gasteiger partial charge in [0.15, 0.2) is 0 Å². The van der Waals surface area contributed by atoms with Gasteiger partial charge < -0.3 is 25.4 Å². The van der Waals surface area contributed by atoms with Crippen LogP contribution >= 0.6 is 11.9 Å². The van der Waals surface area contributed by atoms with E-state index in [2.05, 4.69) is 68.3 Å². The zero-order valence-corrected chi connectivity index (χ0v) is 26.8. The molecule has 9 nitrogen and oxygen atoms in total. The summed E-state index contributed by atoms with van der Waals surface area (Å²) < 4.78 is 0. The van der Waals surface area contributed by atoms with Crippen LogP contribution in [-0.4, -0.2) is 59.9 Å². The minimum absolute atomic E-state index is 0.228. The SMILES string of the molecule is C=CC(=O)Nc1cc(-c2c(-c3ccc(N4CCN(C)CC4)cc3)[nH]c3ncc(C(=O)NCc4cccc(SN)c4)cc23)ccc1C. The van der Waals surface area contributed by atoms with Crippen molar-refractivity contribution >= 4 is 46.2 Å². The van der Waals surface area contributed by atoms with Crippen LogP contribution in [0.3, 0.4) is 0 Å². The predicted octanol–water partition coefficient (Wildman–Crippen LogP) is 5.98. The number of H-pyrrole nitrogens is 1. The Bertz CT molecular complexity index is 1910. The topological polar surface area (TPSA) is 119 Å². The number of aromatic nitrogens is 2. The fourth-order valence-corrected chi connectivity index (χ4v) is 6.10. The van der Waals surface area contributed by atoms with Crippen molar-refractivity contribution in [1.29, 1.82) is 0 Å². The third-order valence-electron chi connectivity index (χ3n) is 8.39. The molecule has 5 aromatic rings. The second-order valence-corrected chi connectivity index (χ2v) is 12.2. The van der Waals surface area contributed by atoms with Gasteiger partial charge in [0.1, 0.15) is 5.65 Å². The fraction of sp³-hybridized carbons (Fsp3) is 0.194. The Labute approximate surface area is 273 Å². The normalized spacial score (nSPS) is 13.5. The maximum Gasteiger partial charge on any atom is 0.253 e. The number of rotatable bonds is 9. The molecule has 1 aliphatic heterocycles. The maximum absolute atomic E-state index is 13.3. The molecule has 3 aromatic carbocycles. The van der Waals surface area contributed by atoms with Crippen molar-refractivity contribution < 1.29 is 9.59 Å². The second-order valence-electron chi connectivity index (χ2n) is 11.5. The molecule has 0 radical (unpaired) electrons. The third kappa shape index (κ3) is 6.69. The van der Waals surface area contributed by atoms with E-state index in [4.69, 9.17) is 5.14 Å². The summed E-state index contributed by atoms with van der Waals surface area (Å²) in [6, 6.07) is 24.2.